The number of hydrogen-bond acceptors (Lipinski definition) is 5. The van der Waals surface area contributed by atoms with Crippen LogP contribution in [-0.2, 0) is 11.3 Å². The first-order valence-electron chi connectivity index (χ1n) is 7.68. The van der Waals surface area contributed by atoms with Gasteiger partial charge in [0.15, 0.2) is 10.4 Å². The molecule has 1 aliphatic rings. The molecule has 8 heteroatoms. The van der Waals surface area contributed by atoms with Crippen molar-refractivity contribution in [1.29, 1.82) is 0 Å². The summed E-state index contributed by atoms with van der Waals surface area (Å²) in [5.74, 6) is -0.259. The van der Waals surface area contributed by atoms with Gasteiger partial charge in [-0.2, -0.15) is 0 Å². The molecule has 3 rings (SSSR count). The second-order valence-corrected chi connectivity index (χ2v) is 7.34. The van der Waals surface area contributed by atoms with Crippen LogP contribution in [0, 0.1) is 0 Å². The largest absolute Gasteiger partial charge is 0.444 e. The number of furan rings is 1. The Balaban J connectivity index is 1.41. The predicted octanol–water partition coefficient (Wildman–Crippen LogP) is 2.18. The van der Waals surface area contributed by atoms with Crippen LogP contribution in [0.1, 0.15) is 15.4 Å². The molecular weight excluding hydrogens is 394 g/mol. The van der Waals surface area contributed by atoms with Crippen molar-refractivity contribution < 1.29 is 14.0 Å². The van der Waals surface area contributed by atoms with Crippen LogP contribution < -0.4 is 5.32 Å². The molecule has 1 saturated heterocycles. The number of nitrogens with one attached hydrogen (secondary N) is 1. The van der Waals surface area contributed by atoms with Gasteiger partial charge in [-0.05, 0) is 39.5 Å². The number of thiophene rings is 1. The van der Waals surface area contributed by atoms with Gasteiger partial charge in [0, 0.05) is 37.6 Å². The fraction of sp³-hybridized carbons (Fsp3) is 0.375. The summed E-state index contributed by atoms with van der Waals surface area (Å²) in [4.78, 5) is 29.6. The van der Waals surface area contributed by atoms with E-state index in [2.05, 4.69) is 43.7 Å². The monoisotopic (exact) mass is 411 g/mol. The van der Waals surface area contributed by atoms with Crippen LogP contribution in [0.3, 0.4) is 0 Å². The third-order valence-electron chi connectivity index (χ3n) is 3.88. The lowest BCUT2D eigenvalue weighted by Crippen LogP contribution is -2.50. The van der Waals surface area contributed by atoms with E-state index in [4.69, 9.17) is 4.42 Å². The lowest BCUT2D eigenvalue weighted by molar-refractivity contribution is -0.131. The molecule has 0 bridgehead atoms. The lowest BCUT2D eigenvalue weighted by Gasteiger charge is -2.34. The Bertz CT molecular complexity index is 693. The molecule has 3 heterocycles. The average Bonchev–Trinajstić information content (AvgIpc) is 3.24. The normalized spacial score (nSPS) is 15.5. The standard InChI is InChI=1S/C16H18BrN3O3S/c17-14-4-3-13(23-14)16(22)18-10-15(21)20-7-5-19(6-8-20)11-12-2-1-9-24-12/h1-4,9H,5-8,10-11H2,(H,18,22). The number of piperazine rings is 1. The second-order valence-electron chi connectivity index (χ2n) is 5.52. The van der Waals surface area contributed by atoms with Gasteiger partial charge in [-0.15, -0.1) is 11.3 Å². The van der Waals surface area contributed by atoms with Crippen molar-refractivity contribution >= 4 is 39.1 Å². The zero-order valence-corrected chi connectivity index (χ0v) is 15.4. The van der Waals surface area contributed by atoms with Gasteiger partial charge in [0.1, 0.15) is 0 Å². The van der Waals surface area contributed by atoms with E-state index in [-0.39, 0.29) is 24.1 Å². The summed E-state index contributed by atoms with van der Waals surface area (Å²) < 4.78 is 5.65. The number of carbonyl (C=O) groups is 2. The molecule has 2 aromatic heterocycles. The first kappa shape index (κ1) is 17.2. The molecule has 128 valence electrons. The molecule has 24 heavy (non-hydrogen) atoms. The van der Waals surface area contributed by atoms with Crippen LogP contribution in [0.15, 0.2) is 38.7 Å². The van der Waals surface area contributed by atoms with Gasteiger partial charge < -0.3 is 14.6 Å². The van der Waals surface area contributed by atoms with Crippen molar-refractivity contribution in [2.75, 3.05) is 32.7 Å². The smallest absolute Gasteiger partial charge is 0.287 e. The van der Waals surface area contributed by atoms with E-state index in [1.807, 2.05) is 0 Å². The number of hydrogen-bond donors (Lipinski definition) is 1. The van der Waals surface area contributed by atoms with Gasteiger partial charge >= 0.3 is 0 Å². The van der Waals surface area contributed by atoms with E-state index < -0.39 is 0 Å². The maximum atomic E-state index is 12.2. The van der Waals surface area contributed by atoms with Gasteiger partial charge in [0.2, 0.25) is 5.91 Å². The second kappa shape index (κ2) is 7.96. The summed E-state index contributed by atoms with van der Waals surface area (Å²) in [5.41, 5.74) is 0. The first-order chi connectivity index (χ1) is 11.6. The predicted molar refractivity (Wildman–Crippen MR) is 94.9 cm³/mol. The average molecular weight is 412 g/mol. The fourth-order valence-electron chi connectivity index (χ4n) is 2.57. The topological polar surface area (TPSA) is 65.8 Å². The summed E-state index contributed by atoms with van der Waals surface area (Å²) >= 11 is 4.90. The minimum atomic E-state index is -0.384. The maximum absolute atomic E-state index is 12.2. The molecule has 1 N–H and O–H groups in total. The van der Waals surface area contributed by atoms with Gasteiger partial charge in [0.05, 0.1) is 6.54 Å². The Hall–Kier alpha value is -1.64. The molecule has 0 unspecified atom stereocenters. The number of carbonyl (C=O) groups excluding carboxylic acids is 2. The highest BCUT2D eigenvalue weighted by atomic mass is 79.9. The van der Waals surface area contributed by atoms with E-state index in [0.29, 0.717) is 17.8 Å². The van der Waals surface area contributed by atoms with Gasteiger partial charge in [-0.25, -0.2) is 0 Å². The van der Waals surface area contributed by atoms with Crippen LogP contribution in [0.5, 0.6) is 0 Å². The molecule has 1 fully saturated rings. The Morgan fingerprint density at radius 3 is 2.62 bits per heavy atom. The Labute approximate surface area is 152 Å². The fourth-order valence-corrected chi connectivity index (χ4v) is 3.62. The molecule has 1 aliphatic heterocycles. The number of amides is 2. The summed E-state index contributed by atoms with van der Waals surface area (Å²) in [5, 5.41) is 4.68. The molecule has 2 aromatic rings. The first-order valence-corrected chi connectivity index (χ1v) is 9.35. The minimum Gasteiger partial charge on any atom is -0.444 e. The summed E-state index contributed by atoms with van der Waals surface area (Å²) in [6.45, 7) is 4.00. The number of nitrogens with zero attached hydrogens (tertiary/aromatic N) is 2. The van der Waals surface area contributed by atoms with Crippen LogP contribution in [0.25, 0.3) is 0 Å². The van der Waals surface area contributed by atoms with Crippen molar-refractivity contribution in [3.8, 4) is 0 Å². The minimum absolute atomic E-state index is 0.0118. The summed E-state index contributed by atoms with van der Waals surface area (Å²) in [6, 6.07) is 7.39. The zero-order chi connectivity index (χ0) is 16.9. The van der Waals surface area contributed by atoms with Crippen LogP contribution in [-0.4, -0.2) is 54.3 Å². The molecule has 0 aliphatic carbocycles. The highest BCUT2D eigenvalue weighted by molar-refractivity contribution is 9.10. The third-order valence-corrected chi connectivity index (χ3v) is 5.17. The van der Waals surface area contributed by atoms with Crippen LogP contribution in [0.4, 0.5) is 0 Å². The quantitative estimate of drug-likeness (QED) is 0.818. The molecule has 0 atom stereocenters. The van der Waals surface area contributed by atoms with Crippen molar-refractivity contribution in [2.24, 2.45) is 0 Å². The van der Waals surface area contributed by atoms with Crippen LogP contribution in [0.2, 0.25) is 0 Å². The van der Waals surface area contributed by atoms with E-state index in [1.165, 1.54) is 4.88 Å². The Morgan fingerprint density at radius 1 is 1.21 bits per heavy atom. The van der Waals surface area contributed by atoms with E-state index in [9.17, 15) is 9.59 Å². The number of rotatable bonds is 5. The summed E-state index contributed by atoms with van der Waals surface area (Å²) in [7, 11) is 0. The zero-order valence-electron chi connectivity index (χ0n) is 13.0. The number of halogens is 1. The van der Waals surface area contributed by atoms with Crippen molar-refractivity contribution in [3.63, 3.8) is 0 Å². The molecular formula is C16H18BrN3O3S. The third kappa shape index (κ3) is 4.46. The Kier molecular flexibility index (Phi) is 5.70. The highest BCUT2D eigenvalue weighted by Crippen LogP contribution is 2.14. The van der Waals surface area contributed by atoms with E-state index >= 15 is 0 Å². The van der Waals surface area contributed by atoms with Gasteiger partial charge in [-0.1, -0.05) is 6.07 Å². The molecule has 6 nitrogen and oxygen atoms in total. The van der Waals surface area contributed by atoms with Crippen molar-refractivity contribution in [1.82, 2.24) is 15.1 Å². The molecule has 2 amide bonds. The van der Waals surface area contributed by atoms with Crippen molar-refractivity contribution in [2.45, 2.75) is 6.54 Å². The SMILES string of the molecule is O=C(NCC(=O)N1CCN(Cc2cccs2)CC1)c1ccc(Br)o1. The molecule has 0 saturated carbocycles. The Morgan fingerprint density at radius 2 is 2.00 bits per heavy atom. The van der Waals surface area contributed by atoms with Gasteiger partial charge in [0.25, 0.3) is 5.91 Å². The molecule has 0 spiro atoms. The van der Waals surface area contributed by atoms with E-state index in [1.54, 1.807) is 28.4 Å². The van der Waals surface area contributed by atoms with Crippen molar-refractivity contribution in [3.05, 3.63) is 45.0 Å². The van der Waals surface area contributed by atoms with E-state index in [0.717, 1.165) is 19.6 Å². The molecule has 0 aromatic carbocycles. The maximum Gasteiger partial charge on any atom is 0.287 e. The molecule has 0 radical (unpaired) electrons. The van der Waals surface area contributed by atoms with Gasteiger partial charge in [-0.3, -0.25) is 14.5 Å². The lowest BCUT2D eigenvalue weighted by atomic mass is 10.3. The summed E-state index contributed by atoms with van der Waals surface area (Å²) in [6.07, 6.45) is 0. The van der Waals surface area contributed by atoms with Crippen LogP contribution >= 0.6 is 27.3 Å². The highest BCUT2D eigenvalue weighted by Gasteiger charge is 2.22.